The highest BCUT2D eigenvalue weighted by molar-refractivity contribution is 7.91. The van der Waals surface area contributed by atoms with Gasteiger partial charge in [0.05, 0.1) is 17.1 Å². The molecule has 1 unspecified atom stereocenters. The molecule has 0 aliphatic heterocycles. The van der Waals surface area contributed by atoms with E-state index in [2.05, 4.69) is 9.97 Å². The van der Waals surface area contributed by atoms with Gasteiger partial charge in [0.25, 0.3) is 5.91 Å². The van der Waals surface area contributed by atoms with Gasteiger partial charge < -0.3 is 9.45 Å². The Morgan fingerprint density at radius 2 is 1.90 bits per heavy atom. The van der Waals surface area contributed by atoms with E-state index in [1.54, 1.807) is 77.8 Å². The lowest BCUT2D eigenvalue weighted by atomic mass is 10.1. The van der Waals surface area contributed by atoms with Crippen LogP contribution in [-0.2, 0) is 11.2 Å². The van der Waals surface area contributed by atoms with Crippen LogP contribution in [0.1, 0.15) is 17.3 Å². The summed E-state index contributed by atoms with van der Waals surface area (Å²) in [6, 6.07) is 11.7. The van der Waals surface area contributed by atoms with Crippen LogP contribution in [0.4, 0.5) is 4.39 Å². The molecule has 158 valence electrons. The minimum absolute atomic E-state index is 0.104. The molecule has 0 saturated carbocycles. The number of benzene rings is 2. The Hall–Kier alpha value is -3.23. The first-order valence-corrected chi connectivity index (χ1v) is 11.3. The molecule has 0 N–H and O–H groups in total. The number of halogens is 1. The Bertz CT molecular complexity index is 1250. The predicted molar refractivity (Wildman–Crippen MR) is 119 cm³/mol. The molecular formula is C23H21FN4O2S. The summed E-state index contributed by atoms with van der Waals surface area (Å²) in [6.07, 6.45) is 6.42. The Labute approximate surface area is 182 Å². The Morgan fingerprint density at radius 1 is 1.19 bits per heavy atom. The van der Waals surface area contributed by atoms with E-state index in [0.717, 1.165) is 5.39 Å². The van der Waals surface area contributed by atoms with Gasteiger partial charge in [-0.2, -0.15) is 0 Å². The molecule has 1 amide bonds. The van der Waals surface area contributed by atoms with Crippen molar-refractivity contribution in [3.8, 4) is 17.1 Å². The van der Waals surface area contributed by atoms with Gasteiger partial charge in [0.2, 0.25) is 5.95 Å². The van der Waals surface area contributed by atoms with Crippen LogP contribution in [0.25, 0.3) is 28.0 Å². The smallest absolute Gasteiger partial charge is 0.253 e. The van der Waals surface area contributed by atoms with E-state index in [0.29, 0.717) is 39.6 Å². The van der Waals surface area contributed by atoms with Crippen molar-refractivity contribution in [1.29, 1.82) is 0 Å². The third-order valence-corrected chi connectivity index (χ3v) is 6.13. The molecule has 0 spiro atoms. The van der Waals surface area contributed by atoms with Crippen LogP contribution in [0.2, 0.25) is 0 Å². The first-order chi connectivity index (χ1) is 14.9. The normalized spacial score (nSPS) is 12.2. The molecule has 2 aromatic heterocycles. The van der Waals surface area contributed by atoms with Crippen molar-refractivity contribution in [3.05, 3.63) is 72.4 Å². The average molecular weight is 437 g/mol. The van der Waals surface area contributed by atoms with Gasteiger partial charge in [-0.15, -0.1) is 0 Å². The average Bonchev–Trinajstić information content (AvgIpc) is 3.17. The van der Waals surface area contributed by atoms with Gasteiger partial charge in [-0.3, -0.25) is 9.36 Å². The third kappa shape index (κ3) is 3.92. The van der Waals surface area contributed by atoms with Crippen molar-refractivity contribution in [1.82, 2.24) is 19.4 Å². The second-order valence-electron chi connectivity index (χ2n) is 7.12. The molecule has 4 rings (SSSR count). The molecule has 0 fully saturated rings. The molecule has 0 bridgehead atoms. The first kappa shape index (κ1) is 21.0. The zero-order valence-electron chi connectivity index (χ0n) is 17.4. The molecule has 31 heavy (non-hydrogen) atoms. The van der Waals surface area contributed by atoms with Crippen LogP contribution in [0, 0.1) is 5.82 Å². The van der Waals surface area contributed by atoms with Crippen molar-refractivity contribution >= 4 is 28.0 Å². The lowest BCUT2D eigenvalue weighted by molar-refractivity contribution is 0.0802. The number of hydrogen-bond acceptors (Lipinski definition) is 4. The van der Waals surface area contributed by atoms with E-state index in [-0.39, 0.29) is 11.7 Å². The summed E-state index contributed by atoms with van der Waals surface area (Å²) in [4.78, 5) is 23.7. The lowest BCUT2D eigenvalue weighted by Gasteiger charge is -2.14. The summed E-state index contributed by atoms with van der Waals surface area (Å²) in [5.41, 5.74) is 2.17. The molecule has 6 nitrogen and oxygen atoms in total. The summed E-state index contributed by atoms with van der Waals surface area (Å²) < 4.78 is 28.1. The quantitative estimate of drug-likeness (QED) is 0.442. The fourth-order valence-corrected chi connectivity index (χ4v) is 4.10. The van der Waals surface area contributed by atoms with Crippen molar-refractivity contribution in [2.45, 2.75) is 11.8 Å². The zero-order valence-corrected chi connectivity index (χ0v) is 18.2. The van der Waals surface area contributed by atoms with Crippen LogP contribution in [0.5, 0.6) is 0 Å². The topological polar surface area (TPSA) is 74.1 Å². The highest BCUT2D eigenvalue weighted by Gasteiger charge is 2.20. The molecular weight excluding hydrogens is 415 g/mol. The molecule has 0 aliphatic carbocycles. The molecule has 0 radical (unpaired) electrons. The SMILES string of the molecule is CCN(C)C(=O)c1ccc2c([S+](C)[O-])cn(-c3ncc(-c4ccccc4F)cn3)c2c1. The van der Waals surface area contributed by atoms with Gasteiger partial charge in [0, 0.05) is 42.7 Å². The summed E-state index contributed by atoms with van der Waals surface area (Å²) in [5, 5.41) is 0.762. The first-order valence-electron chi connectivity index (χ1n) is 9.72. The maximum Gasteiger partial charge on any atom is 0.253 e. The maximum absolute atomic E-state index is 14.1. The standard InChI is InChI=1S/C23H21FN4O2S/c1-4-27(2)22(29)15-9-10-18-20(11-15)28(14-21(18)31(3)30)23-25-12-16(13-26-23)17-7-5-6-8-19(17)24/h5-14H,4H2,1-3H3. The number of rotatable bonds is 5. The van der Waals surface area contributed by atoms with Gasteiger partial charge in [-0.05, 0) is 42.4 Å². The van der Waals surface area contributed by atoms with E-state index in [4.69, 9.17) is 0 Å². The van der Waals surface area contributed by atoms with Crippen molar-refractivity contribution in [3.63, 3.8) is 0 Å². The summed E-state index contributed by atoms with van der Waals surface area (Å²) >= 11 is -1.24. The molecule has 0 saturated heterocycles. The molecule has 2 heterocycles. The molecule has 8 heteroatoms. The zero-order chi connectivity index (χ0) is 22.1. The Kier molecular flexibility index (Phi) is 5.75. The van der Waals surface area contributed by atoms with Gasteiger partial charge in [0.1, 0.15) is 12.1 Å². The summed E-state index contributed by atoms with van der Waals surface area (Å²) in [7, 11) is 1.74. The van der Waals surface area contributed by atoms with Crippen LogP contribution < -0.4 is 0 Å². The van der Waals surface area contributed by atoms with Crippen LogP contribution in [0.15, 0.2) is 66.0 Å². The van der Waals surface area contributed by atoms with Gasteiger partial charge in [-0.1, -0.05) is 18.2 Å². The van der Waals surface area contributed by atoms with Crippen molar-refractivity contribution in [2.75, 3.05) is 19.8 Å². The second-order valence-corrected chi connectivity index (χ2v) is 8.47. The lowest BCUT2D eigenvalue weighted by Crippen LogP contribution is -2.26. The number of carbonyl (C=O) groups is 1. The van der Waals surface area contributed by atoms with E-state index < -0.39 is 11.2 Å². The number of carbonyl (C=O) groups excluding carboxylic acids is 1. The maximum atomic E-state index is 14.1. The van der Waals surface area contributed by atoms with Crippen LogP contribution >= 0.6 is 0 Å². The van der Waals surface area contributed by atoms with Crippen LogP contribution in [-0.4, -0.2) is 49.7 Å². The van der Waals surface area contributed by atoms with Gasteiger partial charge >= 0.3 is 0 Å². The minimum atomic E-state index is -1.24. The van der Waals surface area contributed by atoms with E-state index >= 15 is 0 Å². The Morgan fingerprint density at radius 3 is 2.55 bits per heavy atom. The highest BCUT2D eigenvalue weighted by atomic mass is 32.2. The second kappa shape index (κ2) is 8.49. The van der Waals surface area contributed by atoms with E-state index in [1.807, 2.05) is 6.92 Å². The van der Waals surface area contributed by atoms with Crippen molar-refractivity contribution < 1.29 is 13.7 Å². The van der Waals surface area contributed by atoms with Crippen molar-refractivity contribution in [2.24, 2.45) is 0 Å². The van der Waals surface area contributed by atoms with Gasteiger partial charge in [-0.25, -0.2) is 14.4 Å². The fraction of sp³-hybridized carbons (Fsp3) is 0.174. The number of amides is 1. The fourth-order valence-electron chi connectivity index (χ4n) is 3.37. The number of fused-ring (bicyclic) bond motifs is 1. The molecule has 2 aromatic carbocycles. The molecule has 0 aliphatic rings. The largest absolute Gasteiger partial charge is 0.612 e. The minimum Gasteiger partial charge on any atom is -0.612 e. The number of nitrogens with zero attached hydrogens (tertiary/aromatic N) is 4. The number of hydrogen-bond donors (Lipinski definition) is 0. The third-order valence-electron chi connectivity index (χ3n) is 5.19. The highest BCUT2D eigenvalue weighted by Crippen LogP contribution is 2.29. The van der Waals surface area contributed by atoms with Crippen LogP contribution in [0.3, 0.4) is 0 Å². The Balaban J connectivity index is 1.82. The summed E-state index contributed by atoms with van der Waals surface area (Å²) in [5.74, 6) is -0.112. The molecule has 1 atom stereocenters. The predicted octanol–water partition coefficient (Wildman–Crippen LogP) is 4.06. The number of aromatic nitrogens is 3. The van der Waals surface area contributed by atoms with E-state index in [9.17, 15) is 13.7 Å². The van der Waals surface area contributed by atoms with Gasteiger partial charge in [0.15, 0.2) is 4.90 Å². The van der Waals surface area contributed by atoms with E-state index in [1.165, 1.54) is 6.07 Å². The molecule has 4 aromatic rings. The monoisotopic (exact) mass is 436 g/mol. The summed E-state index contributed by atoms with van der Waals surface area (Å²) in [6.45, 7) is 2.49.